The number of rotatable bonds is 7. The first-order chi connectivity index (χ1) is 24.2. The monoisotopic (exact) mass is 686 g/mol. The Morgan fingerprint density at radius 1 is 0.920 bits per heavy atom. The lowest BCUT2D eigenvalue weighted by atomic mass is 9.70. The van der Waals surface area contributed by atoms with Crippen LogP contribution in [0.25, 0.3) is 32.8 Å². The first kappa shape index (κ1) is 31.9. The van der Waals surface area contributed by atoms with Gasteiger partial charge < -0.3 is 30.3 Å². The third-order valence-corrected chi connectivity index (χ3v) is 12.1. The molecule has 1 aliphatic carbocycles. The van der Waals surface area contributed by atoms with Crippen LogP contribution in [-0.4, -0.2) is 90.3 Å². The molecule has 4 aromatic rings. The molecule has 3 N–H and O–H groups in total. The predicted molar refractivity (Wildman–Crippen MR) is 184 cm³/mol. The lowest BCUT2D eigenvalue weighted by molar-refractivity contribution is -0.133. The second kappa shape index (κ2) is 12.1. The van der Waals surface area contributed by atoms with Crippen molar-refractivity contribution in [3.8, 4) is 22.9 Å². The third-order valence-electron chi connectivity index (χ3n) is 12.1. The fourth-order valence-corrected chi connectivity index (χ4v) is 8.94. The van der Waals surface area contributed by atoms with Crippen LogP contribution in [0.3, 0.4) is 0 Å². The number of anilines is 1. The number of carbonyl (C=O) groups is 1. The summed E-state index contributed by atoms with van der Waals surface area (Å²) in [5.74, 6) is -2.15. The average molecular weight is 687 g/mol. The number of benzene rings is 3. The number of Topliss-reactive ketones (excluding diaryl/α,β-unsaturated/α-hetero) is 1. The number of aromatic nitrogens is 2. The topological polar surface area (TPSA) is 103 Å². The molecule has 2 bridgehead atoms. The van der Waals surface area contributed by atoms with Crippen molar-refractivity contribution in [1.29, 1.82) is 0 Å². The van der Waals surface area contributed by atoms with E-state index in [0.29, 0.717) is 55.3 Å². The number of piperidine rings is 2. The molecule has 4 saturated heterocycles. The van der Waals surface area contributed by atoms with Gasteiger partial charge in [0.2, 0.25) is 0 Å². The maximum atomic E-state index is 16.8. The molecule has 2 unspecified atom stereocenters. The molecule has 262 valence electrons. The van der Waals surface area contributed by atoms with Crippen LogP contribution < -0.4 is 20.3 Å². The van der Waals surface area contributed by atoms with E-state index in [1.165, 1.54) is 24.3 Å². The lowest BCUT2D eigenvalue weighted by Gasteiger charge is -2.43. The Hall–Kier alpha value is -4.00. The molecule has 2 atom stereocenters. The molecule has 5 fully saturated rings. The number of halogens is 3. The fourth-order valence-electron chi connectivity index (χ4n) is 8.94. The Morgan fingerprint density at radius 3 is 2.44 bits per heavy atom. The molecule has 1 spiro atoms. The number of hydrogen-bond donors (Lipinski definition) is 3. The quantitative estimate of drug-likeness (QED) is 0.239. The molecular formula is C38H41F3N6O3. The second-order valence-electron chi connectivity index (χ2n) is 15.3. The maximum Gasteiger partial charge on any atom is 0.319 e. The summed E-state index contributed by atoms with van der Waals surface area (Å²) >= 11 is 0. The number of nitrogens with zero attached hydrogens (tertiary/aromatic N) is 4. The molecule has 50 heavy (non-hydrogen) atoms. The normalized spacial score (nSPS) is 24.4. The number of phenols is 1. The zero-order chi connectivity index (χ0) is 34.2. The van der Waals surface area contributed by atoms with Gasteiger partial charge in [-0.05, 0) is 99.8 Å². The van der Waals surface area contributed by atoms with Gasteiger partial charge in [0.05, 0.1) is 13.2 Å². The summed E-state index contributed by atoms with van der Waals surface area (Å²) in [4.78, 5) is 26.9. The van der Waals surface area contributed by atoms with Gasteiger partial charge in [0.25, 0.3) is 0 Å². The molecule has 12 heteroatoms. The van der Waals surface area contributed by atoms with Crippen molar-refractivity contribution in [2.24, 2.45) is 10.8 Å². The highest BCUT2D eigenvalue weighted by atomic mass is 19.2. The highest BCUT2D eigenvalue weighted by molar-refractivity contribution is 6.01. The van der Waals surface area contributed by atoms with Crippen LogP contribution in [0.1, 0.15) is 44.9 Å². The van der Waals surface area contributed by atoms with Crippen LogP contribution in [0.2, 0.25) is 0 Å². The summed E-state index contributed by atoms with van der Waals surface area (Å²) in [5.41, 5.74) is -0.183. The van der Waals surface area contributed by atoms with Gasteiger partial charge in [-0.25, -0.2) is 13.2 Å². The highest BCUT2D eigenvalue weighted by Crippen LogP contribution is 2.48. The van der Waals surface area contributed by atoms with Crippen molar-refractivity contribution >= 4 is 33.3 Å². The van der Waals surface area contributed by atoms with Gasteiger partial charge in [-0.2, -0.15) is 9.97 Å². The minimum absolute atomic E-state index is 0.00681. The van der Waals surface area contributed by atoms with Crippen molar-refractivity contribution in [3.05, 3.63) is 53.8 Å². The zero-order valence-corrected chi connectivity index (χ0v) is 27.9. The van der Waals surface area contributed by atoms with Crippen molar-refractivity contribution in [2.45, 2.75) is 57.0 Å². The van der Waals surface area contributed by atoms with E-state index in [0.717, 1.165) is 77.2 Å². The molecule has 5 heterocycles. The van der Waals surface area contributed by atoms with E-state index in [1.54, 1.807) is 6.07 Å². The van der Waals surface area contributed by atoms with E-state index in [9.17, 15) is 14.3 Å². The van der Waals surface area contributed by atoms with Crippen molar-refractivity contribution < 1.29 is 27.8 Å². The zero-order valence-electron chi connectivity index (χ0n) is 27.9. The van der Waals surface area contributed by atoms with Crippen molar-refractivity contribution in [2.75, 3.05) is 57.3 Å². The van der Waals surface area contributed by atoms with Crippen molar-refractivity contribution in [3.63, 3.8) is 0 Å². The SMILES string of the molecule is O=C1CNCCC12CCN(CC1(COc3nc(N4CC5CCC(C4)N5)c4ccc(-c5cc(O)cc6ccc(F)c(F)c56)c(F)c4n3)CC1)CC2. The summed E-state index contributed by atoms with van der Waals surface area (Å²) in [5, 5.41) is 18.0. The Morgan fingerprint density at radius 2 is 1.70 bits per heavy atom. The largest absolute Gasteiger partial charge is 0.508 e. The molecule has 1 saturated carbocycles. The Bertz CT molecular complexity index is 2000. The van der Waals surface area contributed by atoms with Gasteiger partial charge >= 0.3 is 6.01 Å². The molecule has 9 nitrogen and oxygen atoms in total. The predicted octanol–water partition coefficient (Wildman–Crippen LogP) is 5.32. The standard InChI is InChI=1S/C38H41F3N6O3/c39-29-6-1-22-15-25(48)16-28(31(22)33(29)41)26-4-5-27-34(32(26)40)44-36(45-35(27)47-18-23-2-3-24(19-47)43-23)50-21-37(7-8-37)20-46-13-10-38(11-14-46)9-12-42-17-30(38)49/h1,4-6,15-16,23-24,42-43,48H,2-3,7-14,17-21H2. The van der Waals surface area contributed by atoms with E-state index in [1.807, 2.05) is 0 Å². The van der Waals surface area contributed by atoms with Crippen LogP contribution in [0.15, 0.2) is 36.4 Å². The molecule has 1 aromatic heterocycles. The van der Waals surface area contributed by atoms with Crippen LogP contribution >= 0.6 is 0 Å². The van der Waals surface area contributed by atoms with E-state index < -0.39 is 17.5 Å². The maximum absolute atomic E-state index is 16.8. The van der Waals surface area contributed by atoms with E-state index in [-0.39, 0.29) is 50.0 Å². The van der Waals surface area contributed by atoms with Gasteiger partial charge in [0, 0.05) is 58.9 Å². The summed E-state index contributed by atoms with van der Waals surface area (Å²) in [6, 6.07) is 8.88. The van der Waals surface area contributed by atoms with Gasteiger partial charge in [-0.1, -0.05) is 12.1 Å². The number of piperazine rings is 1. The summed E-state index contributed by atoms with van der Waals surface area (Å²) in [7, 11) is 0. The number of nitrogens with one attached hydrogen (secondary N) is 2. The summed E-state index contributed by atoms with van der Waals surface area (Å²) in [6.07, 6.45) is 6.82. The Labute approximate surface area is 288 Å². The van der Waals surface area contributed by atoms with E-state index in [2.05, 4.69) is 25.4 Å². The molecule has 5 aliphatic rings. The van der Waals surface area contributed by atoms with E-state index >= 15 is 8.78 Å². The van der Waals surface area contributed by atoms with Gasteiger partial charge in [-0.3, -0.25) is 4.79 Å². The van der Waals surface area contributed by atoms with Crippen molar-refractivity contribution in [1.82, 2.24) is 25.5 Å². The number of carbonyl (C=O) groups excluding carboxylic acids is 1. The number of ether oxygens (including phenoxy) is 1. The van der Waals surface area contributed by atoms with E-state index in [4.69, 9.17) is 9.72 Å². The number of aromatic hydroxyl groups is 1. The number of fused-ring (bicyclic) bond motifs is 4. The number of likely N-dealkylation sites (tertiary alicyclic amines) is 1. The first-order valence-corrected chi connectivity index (χ1v) is 17.9. The number of phenolic OH excluding ortho intramolecular Hbond substituents is 1. The minimum Gasteiger partial charge on any atom is -0.508 e. The smallest absolute Gasteiger partial charge is 0.319 e. The van der Waals surface area contributed by atoms with Gasteiger partial charge in [0.15, 0.2) is 23.2 Å². The molecule has 0 amide bonds. The highest BCUT2D eigenvalue weighted by Gasteiger charge is 2.48. The number of hydrogen-bond acceptors (Lipinski definition) is 9. The van der Waals surface area contributed by atoms with Crippen LogP contribution in [0.5, 0.6) is 11.8 Å². The van der Waals surface area contributed by atoms with Crippen LogP contribution in [0.4, 0.5) is 19.0 Å². The van der Waals surface area contributed by atoms with Gasteiger partial charge in [0.1, 0.15) is 17.1 Å². The van der Waals surface area contributed by atoms with Crippen LogP contribution in [0, 0.1) is 28.3 Å². The molecule has 0 radical (unpaired) electrons. The third kappa shape index (κ3) is 5.56. The van der Waals surface area contributed by atoms with Crippen LogP contribution in [-0.2, 0) is 4.79 Å². The summed E-state index contributed by atoms with van der Waals surface area (Å²) in [6.45, 7) is 5.82. The molecule has 3 aromatic carbocycles. The number of ketones is 1. The molecular weight excluding hydrogens is 645 g/mol. The van der Waals surface area contributed by atoms with Gasteiger partial charge in [-0.15, -0.1) is 0 Å². The lowest BCUT2D eigenvalue weighted by Crippen LogP contribution is -2.52. The minimum atomic E-state index is -1.11. The molecule has 9 rings (SSSR count). The summed E-state index contributed by atoms with van der Waals surface area (Å²) < 4.78 is 52.8. The second-order valence-corrected chi connectivity index (χ2v) is 15.3. The fraction of sp³-hybridized carbons (Fsp3) is 0.500. The first-order valence-electron chi connectivity index (χ1n) is 17.9. The Kier molecular flexibility index (Phi) is 7.70. The Balaban J connectivity index is 1.04. The molecule has 4 aliphatic heterocycles. The average Bonchev–Trinajstić information content (AvgIpc) is 3.80.